The highest BCUT2D eigenvalue weighted by atomic mass is 16.3. The summed E-state index contributed by atoms with van der Waals surface area (Å²) in [5, 5.41) is 17.1. The molecule has 29 heavy (non-hydrogen) atoms. The predicted octanol–water partition coefficient (Wildman–Crippen LogP) is 4.58. The number of nitrogens with zero attached hydrogens (tertiary/aromatic N) is 2. The minimum absolute atomic E-state index is 0.0141. The third-order valence-electron chi connectivity index (χ3n) is 5.88. The number of piperidine rings is 1. The Kier molecular flexibility index (Phi) is 5.65. The summed E-state index contributed by atoms with van der Waals surface area (Å²) >= 11 is 0. The van der Waals surface area contributed by atoms with Gasteiger partial charge in [-0.15, -0.1) is 0 Å². The lowest BCUT2D eigenvalue weighted by Crippen LogP contribution is -2.40. The number of rotatable bonds is 5. The molecule has 0 radical (unpaired) electrons. The molecule has 0 spiro atoms. The Balaban J connectivity index is 1.40. The van der Waals surface area contributed by atoms with Crippen molar-refractivity contribution in [1.82, 2.24) is 15.1 Å². The molecule has 2 N–H and O–H groups in total. The zero-order chi connectivity index (χ0) is 20.2. The third-order valence-corrected chi connectivity index (χ3v) is 5.88. The Morgan fingerprint density at radius 2 is 2.00 bits per heavy atom. The maximum Gasteiger partial charge on any atom is 0.271 e. The molecule has 2 heterocycles. The normalized spacial score (nSPS) is 16.7. The highest BCUT2D eigenvalue weighted by Crippen LogP contribution is 2.28. The smallest absolute Gasteiger partial charge is 0.271 e. The second kappa shape index (κ2) is 8.52. The van der Waals surface area contributed by atoms with Crippen LogP contribution < -0.4 is 0 Å². The Hall–Kier alpha value is -3.08. The lowest BCUT2D eigenvalue weighted by molar-refractivity contribution is 0.0662. The molecular weight excluding hydrogens is 362 g/mol. The average Bonchev–Trinajstić information content (AvgIpc) is 3.23. The average molecular weight is 389 g/mol. The van der Waals surface area contributed by atoms with Crippen molar-refractivity contribution in [3.8, 4) is 17.0 Å². The first kappa shape index (κ1) is 19.2. The lowest BCUT2D eigenvalue weighted by atomic mass is 9.90. The zero-order valence-electron chi connectivity index (χ0n) is 16.8. The van der Waals surface area contributed by atoms with E-state index in [0.717, 1.165) is 32.4 Å². The van der Waals surface area contributed by atoms with Gasteiger partial charge in [0, 0.05) is 18.7 Å². The Morgan fingerprint density at radius 3 is 2.83 bits per heavy atom. The molecular formula is C24H27N3O2. The molecule has 5 heteroatoms. The van der Waals surface area contributed by atoms with E-state index in [1.807, 2.05) is 11.0 Å². The molecule has 1 aliphatic heterocycles. The van der Waals surface area contributed by atoms with Crippen LogP contribution in [0, 0.1) is 12.8 Å². The van der Waals surface area contributed by atoms with E-state index in [2.05, 4.69) is 41.4 Å². The largest absolute Gasteiger partial charge is 0.507 e. The topological polar surface area (TPSA) is 69.2 Å². The number of carbonyl (C=O) groups excluding carboxylic acids is 1. The van der Waals surface area contributed by atoms with Crippen molar-refractivity contribution in [1.29, 1.82) is 0 Å². The van der Waals surface area contributed by atoms with Gasteiger partial charge in [0.25, 0.3) is 5.91 Å². The minimum Gasteiger partial charge on any atom is -0.507 e. The second-order valence-corrected chi connectivity index (χ2v) is 7.91. The van der Waals surface area contributed by atoms with E-state index >= 15 is 0 Å². The number of hydrogen-bond acceptors (Lipinski definition) is 3. The number of H-pyrrole nitrogens is 1. The van der Waals surface area contributed by atoms with E-state index in [0.29, 0.717) is 22.9 Å². The number of carbonyl (C=O) groups is 1. The molecule has 0 aliphatic carbocycles. The summed E-state index contributed by atoms with van der Waals surface area (Å²) in [7, 11) is 0. The van der Waals surface area contributed by atoms with Crippen molar-refractivity contribution in [2.45, 2.75) is 32.6 Å². The molecule has 2 aromatic carbocycles. The van der Waals surface area contributed by atoms with Crippen LogP contribution in [0.5, 0.6) is 5.75 Å². The first-order chi connectivity index (χ1) is 14.1. The molecule has 150 valence electrons. The van der Waals surface area contributed by atoms with Crippen LogP contribution in [-0.4, -0.2) is 39.2 Å². The molecule has 4 rings (SSSR count). The van der Waals surface area contributed by atoms with Gasteiger partial charge < -0.3 is 10.0 Å². The number of aromatic nitrogens is 2. The summed E-state index contributed by atoms with van der Waals surface area (Å²) in [6.45, 7) is 3.73. The Bertz CT molecular complexity index is 995. The first-order valence-corrected chi connectivity index (χ1v) is 10.3. The number of amides is 1. The van der Waals surface area contributed by atoms with Gasteiger partial charge in [0.2, 0.25) is 0 Å². The van der Waals surface area contributed by atoms with Gasteiger partial charge in [-0.05, 0) is 67.9 Å². The van der Waals surface area contributed by atoms with Gasteiger partial charge in [-0.25, -0.2) is 0 Å². The molecule has 1 saturated heterocycles. The highest BCUT2D eigenvalue weighted by molar-refractivity contribution is 5.93. The van der Waals surface area contributed by atoms with Gasteiger partial charge in [-0.3, -0.25) is 9.89 Å². The zero-order valence-corrected chi connectivity index (χ0v) is 16.8. The third kappa shape index (κ3) is 4.34. The van der Waals surface area contributed by atoms with Crippen LogP contribution in [0.3, 0.4) is 0 Å². The number of para-hydroxylation sites is 1. The molecule has 5 nitrogen and oxygen atoms in total. The number of phenolic OH excluding ortho intramolecular Hbond substituents is 1. The van der Waals surface area contributed by atoms with Crippen molar-refractivity contribution in [2.75, 3.05) is 13.1 Å². The fraction of sp³-hybridized carbons (Fsp3) is 0.333. The fourth-order valence-electron chi connectivity index (χ4n) is 4.17. The van der Waals surface area contributed by atoms with Crippen molar-refractivity contribution in [2.24, 2.45) is 5.92 Å². The lowest BCUT2D eigenvalue weighted by Gasteiger charge is -2.32. The van der Waals surface area contributed by atoms with Crippen molar-refractivity contribution < 1.29 is 9.90 Å². The number of aromatic amines is 1. The summed E-state index contributed by atoms with van der Waals surface area (Å²) in [5.74, 6) is 0.667. The summed E-state index contributed by atoms with van der Waals surface area (Å²) in [5.41, 5.74) is 4.42. The molecule has 1 atom stereocenters. The van der Waals surface area contributed by atoms with Crippen LogP contribution in [0.2, 0.25) is 0 Å². The van der Waals surface area contributed by atoms with Crippen molar-refractivity contribution >= 4 is 5.91 Å². The van der Waals surface area contributed by atoms with Crippen LogP contribution in [-0.2, 0) is 6.42 Å². The minimum atomic E-state index is -0.0141. The molecule has 1 amide bonds. The molecule has 3 aromatic rings. The molecule has 0 bridgehead atoms. The van der Waals surface area contributed by atoms with Gasteiger partial charge >= 0.3 is 0 Å². The van der Waals surface area contributed by atoms with Crippen LogP contribution in [0.15, 0.2) is 54.6 Å². The van der Waals surface area contributed by atoms with E-state index in [1.54, 1.807) is 24.3 Å². The number of nitrogens with one attached hydrogen (secondary N) is 1. The van der Waals surface area contributed by atoms with Crippen molar-refractivity contribution in [3.05, 3.63) is 71.4 Å². The molecule has 1 fully saturated rings. The van der Waals surface area contributed by atoms with Crippen LogP contribution in [0.1, 0.15) is 40.9 Å². The van der Waals surface area contributed by atoms with Crippen LogP contribution in [0.4, 0.5) is 0 Å². The van der Waals surface area contributed by atoms with Crippen LogP contribution >= 0.6 is 0 Å². The highest BCUT2D eigenvalue weighted by Gasteiger charge is 2.26. The number of phenols is 1. The van der Waals surface area contributed by atoms with Crippen LogP contribution in [0.25, 0.3) is 11.3 Å². The Morgan fingerprint density at radius 1 is 1.21 bits per heavy atom. The first-order valence-electron chi connectivity index (χ1n) is 10.3. The van der Waals surface area contributed by atoms with Gasteiger partial charge in [0.15, 0.2) is 0 Å². The van der Waals surface area contributed by atoms with E-state index in [1.165, 1.54) is 17.5 Å². The maximum absolute atomic E-state index is 13.0. The summed E-state index contributed by atoms with van der Waals surface area (Å²) in [4.78, 5) is 14.9. The molecule has 1 aliphatic rings. The quantitative estimate of drug-likeness (QED) is 0.671. The number of aromatic hydroxyl groups is 1. The van der Waals surface area contributed by atoms with Crippen molar-refractivity contribution in [3.63, 3.8) is 0 Å². The van der Waals surface area contributed by atoms with E-state index in [4.69, 9.17) is 0 Å². The monoisotopic (exact) mass is 389 g/mol. The van der Waals surface area contributed by atoms with Gasteiger partial charge in [-0.1, -0.05) is 36.4 Å². The molecule has 1 aromatic heterocycles. The number of hydrogen-bond donors (Lipinski definition) is 2. The van der Waals surface area contributed by atoms with E-state index < -0.39 is 0 Å². The maximum atomic E-state index is 13.0. The number of benzene rings is 2. The predicted molar refractivity (Wildman–Crippen MR) is 114 cm³/mol. The number of likely N-dealkylation sites (tertiary alicyclic amines) is 1. The molecule has 0 saturated carbocycles. The van der Waals surface area contributed by atoms with Gasteiger partial charge in [0.1, 0.15) is 11.4 Å². The van der Waals surface area contributed by atoms with Gasteiger partial charge in [-0.2, -0.15) is 5.10 Å². The standard InChI is InChI=1S/C24H27N3O2/c1-17-7-2-3-9-19(17)13-12-18-8-6-14-27(16-18)24(29)22-15-21(25-26-22)20-10-4-5-11-23(20)28/h2-5,7,9-11,15,18,28H,6,8,12-14,16H2,1H3,(H,25,26). The molecule has 1 unspecified atom stereocenters. The van der Waals surface area contributed by atoms with E-state index in [-0.39, 0.29) is 11.7 Å². The number of aryl methyl sites for hydroxylation is 2. The SMILES string of the molecule is Cc1ccccc1CCC1CCCN(C(=O)c2cc(-c3ccccc3O)n[nH]2)C1. The summed E-state index contributed by atoms with van der Waals surface area (Å²) in [6.07, 6.45) is 4.36. The Labute approximate surface area is 171 Å². The second-order valence-electron chi connectivity index (χ2n) is 7.91. The van der Waals surface area contributed by atoms with Gasteiger partial charge in [0.05, 0.1) is 5.69 Å². The fourth-order valence-corrected chi connectivity index (χ4v) is 4.17. The summed E-state index contributed by atoms with van der Waals surface area (Å²) < 4.78 is 0. The van der Waals surface area contributed by atoms with E-state index in [9.17, 15) is 9.90 Å². The summed E-state index contributed by atoms with van der Waals surface area (Å²) in [6, 6.07) is 17.3.